The van der Waals surface area contributed by atoms with Crippen LogP contribution in [0.4, 0.5) is 4.79 Å². The quantitative estimate of drug-likeness (QED) is 0.471. The van der Waals surface area contributed by atoms with Gasteiger partial charge in [-0.05, 0) is 58.9 Å². The molecule has 172 valence electrons. The lowest BCUT2D eigenvalue weighted by atomic mass is 10.1. The van der Waals surface area contributed by atoms with Gasteiger partial charge in [0.1, 0.15) is 11.3 Å². The molecule has 1 N–H and O–H groups in total. The highest BCUT2D eigenvalue weighted by molar-refractivity contribution is 6.00. The molecule has 1 aromatic carbocycles. The predicted octanol–water partition coefficient (Wildman–Crippen LogP) is 4.41. The normalized spacial score (nSPS) is 11.7. The average Bonchev–Trinajstić information content (AvgIpc) is 3.14. The SMILES string of the molecule is CC(C)N(NC(=O)c1ccccn1)C(=O)/C=C/c1cn(C(=O)OC(C)(C)C)c2ccccc12. The van der Waals surface area contributed by atoms with Gasteiger partial charge >= 0.3 is 6.09 Å². The highest BCUT2D eigenvalue weighted by Crippen LogP contribution is 2.24. The Kier molecular flexibility index (Phi) is 6.96. The summed E-state index contributed by atoms with van der Waals surface area (Å²) >= 11 is 0. The van der Waals surface area contributed by atoms with Crippen molar-refractivity contribution in [2.45, 2.75) is 46.3 Å². The van der Waals surface area contributed by atoms with Crippen molar-refractivity contribution >= 4 is 34.9 Å². The molecular formula is C25H28N4O4. The van der Waals surface area contributed by atoms with E-state index in [-0.39, 0.29) is 11.7 Å². The molecule has 0 aliphatic rings. The number of ether oxygens (including phenoxy) is 1. The van der Waals surface area contributed by atoms with Crippen LogP contribution in [0.3, 0.4) is 0 Å². The number of hydrazine groups is 1. The van der Waals surface area contributed by atoms with E-state index in [0.717, 1.165) is 5.39 Å². The molecule has 3 aromatic rings. The van der Waals surface area contributed by atoms with Crippen LogP contribution in [0.1, 0.15) is 50.7 Å². The minimum Gasteiger partial charge on any atom is -0.443 e. The fraction of sp³-hybridized carbons (Fsp3) is 0.280. The van der Waals surface area contributed by atoms with E-state index in [9.17, 15) is 14.4 Å². The number of aromatic nitrogens is 2. The summed E-state index contributed by atoms with van der Waals surface area (Å²) in [5.41, 5.74) is 3.52. The van der Waals surface area contributed by atoms with Crippen LogP contribution in [0.25, 0.3) is 17.0 Å². The predicted molar refractivity (Wildman–Crippen MR) is 126 cm³/mol. The van der Waals surface area contributed by atoms with E-state index >= 15 is 0 Å². The summed E-state index contributed by atoms with van der Waals surface area (Å²) in [6, 6.07) is 12.0. The van der Waals surface area contributed by atoms with Crippen molar-refractivity contribution in [3.05, 3.63) is 72.2 Å². The van der Waals surface area contributed by atoms with Crippen molar-refractivity contribution in [2.75, 3.05) is 0 Å². The third kappa shape index (κ3) is 5.85. The lowest BCUT2D eigenvalue weighted by Crippen LogP contribution is -2.49. The van der Waals surface area contributed by atoms with Gasteiger partial charge in [0.25, 0.3) is 11.8 Å². The van der Waals surface area contributed by atoms with Crippen LogP contribution in [-0.4, -0.2) is 44.1 Å². The second-order valence-corrected chi connectivity index (χ2v) is 8.74. The topological polar surface area (TPSA) is 93.5 Å². The van der Waals surface area contributed by atoms with Crippen molar-refractivity contribution in [2.24, 2.45) is 0 Å². The van der Waals surface area contributed by atoms with Crippen LogP contribution in [0, 0.1) is 0 Å². The number of hydrogen-bond acceptors (Lipinski definition) is 5. The lowest BCUT2D eigenvalue weighted by Gasteiger charge is -2.25. The zero-order valence-electron chi connectivity index (χ0n) is 19.4. The first-order valence-electron chi connectivity index (χ1n) is 10.6. The fourth-order valence-electron chi connectivity index (χ4n) is 3.14. The van der Waals surface area contributed by atoms with E-state index in [1.807, 2.05) is 24.3 Å². The third-order valence-electron chi connectivity index (χ3n) is 4.61. The molecule has 3 rings (SSSR count). The maximum absolute atomic E-state index is 12.9. The molecule has 33 heavy (non-hydrogen) atoms. The van der Waals surface area contributed by atoms with Crippen molar-refractivity contribution < 1.29 is 19.1 Å². The molecule has 0 bridgehead atoms. The third-order valence-corrected chi connectivity index (χ3v) is 4.61. The lowest BCUT2D eigenvalue weighted by molar-refractivity contribution is -0.130. The fourth-order valence-corrected chi connectivity index (χ4v) is 3.14. The molecule has 0 spiro atoms. The Bertz CT molecular complexity index is 1190. The van der Waals surface area contributed by atoms with E-state index < -0.39 is 23.5 Å². The largest absolute Gasteiger partial charge is 0.443 e. The van der Waals surface area contributed by atoms with E-state index in [4.69, 9.17) is 4.74 Å². The maximum Gasteiger partial charge on any atom is 0.419 e. The molecule has 0 fully saturated rings. The van der Waals surface area contributed by atoms with Crippen LogP contribution in [0.5, 0.6) is 0 Å². The minimum absolute atomic E-state index is 0.209. The summed E-state index contributed by atoms with van der Waals surface area (Å²) in [6.45, 7) is 8.99. The molecule has 0 unspecified atom stereocenters. The molecule has 0 radical (unpaired) electrons. The standard InChI is InChI=1S/C25H28N4O4/c1-17(2)29(27-23(31)20-11-8-9-15-26-20)22(30)14-13-18-16-28(24(32)33-25(3,4)5)21-12-7-6-10-19(18)21/h6-17H,1-5H3,(H,27,31)/b14-13+. The summed E-state index contributed by atoms with van der Waals surface area (Å²) in [6.07, 6.45) is 5.62. The second kappa shape index (κ2) is 9.68. The van der Waals surface area contributed by atoms with E-state index in [1.165, 1.54) is 21.8 Å². The van der Waals surface area contributed by atoms with Crippen molar-refractivity contribution in [1.29, 1.82) is 0 Å². The van der Waals surface area contributed by atoms with Crippen molar-refractivity contribution in [3.63, 3.8) is 0 Å². The Morgan fingerprint density at radius 3 is 2.42 bits per heavy atom. The molecule has 2 amide bonds. The molecule has 0 atom stereocenters. The zero-order valence-corrected chi connectivity index (χ0v) is 19.4. The molecule has 2 heterocycles. The molecular weight excluding hydrogens is 420 g/mol. The molecule has 8 heteroatoms. The first-order valence-corrected chi connectivity index (χ1v) is 10.6. The van der Waals surface area contributed by atoms with E-state index in [2.05, 4.69) is 10.4 Å². The van der Waals surface area contributed by atoms with Crippen molar-refractivity contribution in [1.82, 2.24) is 20.0 Å². The Balaban J connectivity index is 1.85. The Morgan fingerprint density at radius 1 is 1.09 bits per heavy atom. The van der Waals surface area contributed by atoms with Crippen LogP contribution in [0.15, 0.2) is 60.9 Å². The molecule has 2 aromatic heterocycles. The Hall–Kier alpha value is -3.94. The van der Waals surface area contributed by atoms with E-state index in [0.29, 0.717) is 11.1 Å². The van der Waals surface area contributed by atoms with Gasteiger partial charge in [0.15, 0.2) is 0 Å². The number of pyridine rings is 1. The number of nitrogens with zero attached hydrogens (tertiary/aromatic N) is 3. The number of fused-ring (bicyclic) bond motifs is 1. The maximum atomic E-state index is 12.9. The number of para-hydroxylation sites is 1. The summed E-state index contributed by atoms with van der Waals surface area (Å²) in [5, 5.41) is 2.03. The number of carbonyl (C=O) groups excluding carboxylic acids is 3. The van der Waals surface area contributed by atoms with E-state index in [1.54, 1.807) is 65.1 Å². The van der Waals surface area contributed by atoms with Gasteiger partial charge in [0.2, 0.25) is 0 Å². The van der Waals surface area contributed by atoms with Crippen LogP contribution < -0.4 is 5.43 Å². The Labute approximate surface area is 192 Å². The molecule has 0 aliphatic heterocycles. The summed E-state index contributed by atoms with van der Waals surface area (Å²) in [7, 11) is 0. The summed E-state index contributed by atoms with van der Waals surface area (Å²) in [4.78, 5) is 42.0. The number of rotatable bonds is 4. The number of hydrogen-bond donors (Lipinski definition) is 1. The average molecular weight is 449 g/mol. The summed E-state index contributed by atoms with van der Waals surface area (Å²) in [5.74, 6) is -0.893. The minimum atomic E-state index is -0.641. The smallest absolute Gasteiger partial charge is 0.419 e. The molecule has 0 saturated carbocycles. The summed E-state index contributed by atoms with van der Waals surface area (Å²) < 4.78 is 6.92. The zero-order chi connectivity index (χ0) is 24.2. The van der Waals surface area contributed by atoms with Gasteiger partial charge in [-0.2, -0.15) is 0 Å². The highest BCUT2D eigenvalue weighted by Gasteiger charge is 2.21. The number of amides is 2. The van der Waals surface area contributed by atoms with Crippen molar-refractivity contribution in [3.8, 4) is 0 Å². The number of benzene rings is 1. The van der Waals surface area contributed by atoms with Gasteiger partial charge in [-0.3, -0.25) is 24.6 Å². The van der Waals surface area contributed by atoms with Gasteiger partial charge < -0.3 is 4.74 Å². The first kappa shape index (κ1) is 23.7. The monoisotopic (exact) mass is 448 g/mol. The van der Waals surface area contributed by atoms with Crippen LogP contribution in [-0.2, 0) is 9.53 Å². The van der Waals surface area contributed by atoms with Gasteiger partial charge in [0, 0.05) is 35.5 Å². The van der Waals surface area contributed by atoms with Gasteiger partial charge in [-0.15, -0.1) is 0 Å². The molecule has 8 nitrogen and oxygen atoms in total. The van der Waals surface area contributed by atoms with Crippen LogP contribution >= 0.6 is 0 Å². The first-order chi connectivity index (χ1) is 15.6. The van der Waals surface area contributed by atoms with Gasteiger partial charge in [-0.25, -0.2) is 9.80 Å². The number of carbonyl (C=O) groups is 3. The van der Waals surface area contributed by atoms with Gasteiger partial charge in [-0.1, -0.05) is 24.3 Å². The highest BCUT2D eigenvalue weighted by atomic mass is 16.6. The molecule has 0 saturated heterocycles. The molecule has 0 aliphatic carbocycles. The second-order valence-electron chi connectivity index (χ2n) is 8.74. The van der Waals surface area contributed by atoms with Gasteiger partial charge in [0.05, 0.1) is 5.52 Å². The van der Waals surface area contributed by atoms with Crippen LogP contribution in [0.2, 0.25) is 0 Å². The Morgan fingerprint density at radius 2 is 1.79 bits per heavy atom. The number of nitrogens with one attached hydrogen (secondary N) is 1.